The lowest BCUT2D eigenvalue weighted by molar-refractivity contribution is -0.376. The molecule has 1 aliphatic heterocycles. The maximum atomic E-state index is 13.9. The largest absolute Gasteiger partial charge is 0.430 e. The topological polar surface area (TPSA) is 70.5 Å². The third kappa shape index (κ3) is 4.62. The Hall–Kier alpha value is -2.68. The Morgan fingerprint density at radius 1 is 1.11 bits per heavy atom. The van der Waals surface area contributed by atoms with Gasteiger partial charge in [-0.25, -0.2) is 4.98 Å². The van der Waals surface area contributed by atoms with Gasteiger partial charge >= 0.3 is 18.5 Å². The normalized spacial score (nSPS) is 17.7. The van der Waals surface area contributed by atoms with Crippen LogP contribution in [0.15, 0.2) is 18.2 Å². The van der Waals surface area contributed by atoms with Gasteiger partial charge in [0.05, 0.1) is 10.4 Å². The summed E-state index contributed by atoms with van der Waals surface area (Å²) in [5, 5.41) is 9.11. The minimum Gasteiger partial charge on any atom is -0.369 e. The summed E-state index contributed by atoms with van der Waals surface area (Å²) >= 11 is 0.322. The van der Waals surface area contributed by atoms with Gasteiger partial charge in [0.15, 0.2) is 11.3 Å². The van der Waals surface area contributed by atoms with Gasteiger partial charge in [-0.2, -0.15) is 39.5 Å². The fourth-order valence-electron chi connectivity index (χ4n) is 3.78. The van der Waals surface area contributed by atoms with Crippen LogP contribution in [-0.4, -0.2) is 52.1 Å². The number of aldehydes is 1. The van der Waals surface area contributed by atoms with E-state index in [2.05, 4.69) is 4.98 Å². The van der Waals surface area contributed by atoms with Gasteiger partial charge in [0.25, 0.3) is 11.5 Å². The highest BCUT2D eigenvalue weighted by atomic mass is 32.1. The zero-order chi connectivity index (χ0) is 26.6. The van der Waals surface area contributed by atoms with E-state index in [1.165, 1.54) is 4.90 Å². The van der Waals surface area contributed by atoms with Crippen LogP contribution in [0.4, 0.5) is 39.5 Å². The van der Waals surface area contributed by atoms with Crippen LogP contribution in [0.2, 0.25) is 0 Å². The van der Waals surface area contributed by atoms with Crippen molar-refractivity contribution in [3.63, 3.8) is 0 Å². The second-order valence-corrected chi connectivity index (χ2v) is 8.83. The lowest BCUT2D eigenvalue weighted by Crippen LogP contribution is -2.54. The molecule has 35 heavy (non-hydrogen) atoms. The number of thiazole rings is 1. The maximum Gasteiger partial charge on any atom is 0.430 e. The van der Waals surface area contributed by atoms with Crippen molar-refractivity contribution in [1.29, 1.82) is 0 Å². The summed E-state index contributed by atoms with van der Waals surface area (Å²) in [6.45, 7) is 1.91. The molecule has 1 fully saturated rings. The molecule has 0 saturated carbocycles. The van der Waals surface area contributed by atoms with Crippen LogP contribution in [0.3, 0.4) is 0 Å². The van der Waals surface area contributed by atoms with Gasteiger partial charge in [-0.05, 0) is 25.8 Å². The van der Waals surface area contributed by atoms with Crippen LogP contribution in [0.5, 0.6) is 0 Å². The Morgan fingerprint density at radius 2 is 1.71 bits per heavy atom. The SMILES string of the molecule is C[C@H]1CCCN1C(=O)c1nc(C=O)sc1-c1ccc(C(O)(C(F)(F)F)C(F)(F)F)cc1C(F)(F)F. The van der Waals surface area contributed by atoms with Crippen molar-refractivity contribution in [3.8, 4) is 10.4 Å². The number of benzene rings is 1. The van der Waals surface area contributed by atoms with E-state index in [4.69, 9.17) is 0 Å². The molecule has 3 rings (SSSR count). The van der Waals surface area contributed by atoms with Gasteiger partial charge in [0.1, 0.15) is 5.69 Å². The minimum absolute atomic E-state index is 0.0403. The number of hydrogen-bond donors (Lipinski definition) is 1. The fraction of sp³-hybridized carbons (Fsp3) is 0.450. The lowest BCUT2D eigenvalue weighted by Gasteiger charge is -2.33. The van der Waals surface area contributed by atoms with Crippen LogP contribution in [0.1, 0.15) is 51.2 Å². The first kappa shape index (κ1) is 26.9. The van der Waals surface area contributed by atoms with Crippen molar-refractivity contribution in [1.82, 2.24) is 9.88 Å². The summed E-state index contributed by atoms with van der Waals surface area (Å²) in [5.74, 6) is -0.839. The van der Waals surface area contributed by atoms with Gasteiger partial charge in [-0.3, -0.25) is 9.59 Å². The Kier molecular flexibility index (Phi) is 6.74. The summed E-state index contributed by atoms with van der Waals surface area (Å²) in [7, 11) is 0. The molecule has 5 nitrogen and oxygen atoms in total. The molecule has 1 saturated heterocycles. The van der Waals surface area contributed by atoms with Gasteiger partial charge in [-0.1, -0.05) is 12.1 Å². The van der Waals surface area contributed by atoms with Gasteiger partial charge < -0.3 is 10.0 Å². The van der Waals surface area contributed by atoms with Gasteiger partial charge in [0, 0.05) is 23.7 Å². The van der Waals surface area contributed by atoms with E-state index in [1.807, 2.05) is 0 Å². The van der Waals surface area contributed by atoms with Gasteiger partial charge in [0.2, 0.25) is 0 Å². The Morgan fingerprint density at radius 3 is 2.17 bits per heavy atom. The average Bonchev–Trinajstić information content (AvgIpc) is 3.36. The maximum absolute atomic E-state index is 13.9. The molecule has 192 valence electrons. The number of carbonyl (C=O) groups is 2. The van der Waals surface area contributed by atoms with Crippen LogP contribution in [-0.2, 0) is 11.8 Å². The van der Waals surface area contributed by atoms with Gasteiger partial charge in [-0.15, -0.1) is 11.3 Å². The monoisotopic (exact) mass is 534 g/mol. The molecule has 0 bridgehead atoms. The Balaban J connectivity index is 2.27. The average molecular weight is 534 g/mol. The molecule has 0 aliphatic carbocycles. The summed E-state index contributed by atoms with van der Waals surface area (Å²) in [5.41, 5.74) is -11.2. The zero-order valence-corrected chi connectivity index (χ0v) is 18.3. The molecule has 2 heterocycles. The standard InChI is InChI=1S/C20H15F9N2O3S/c1-9-3-2-6-31(9)16(33)14-15(35-13(8-32)30-14)11-5-4-10(7-12(11)18(21,22)23)17(34,19(24,25)26)20(27,28)29/h4-5,7-9,34H,2-3,6H2,1H3/t9-/m0/s1. The van der Waals surface area contributed by atoms with E-state index in [1.54, 1.807) is 6.92 Å². The second kappa shape index (κ2) is 8.76. The highest BCUT2D eigenvalue weighted by molar-refractivity contribution is 7.17. The molecule has 1 atom stereocenters. The van der Waals surface area contributed by atoms with Crippen LogP contribution in [0, 0.1) is 0 Å². The summed E-state index contributed by atoms with van der Waals surface area (Å²) in [4.78, 5) is 28.7. The van der Waals surface area contributed by atoms with E-state index in [0.717, 1.165) is 0 Å². The Labute approximate surface area is 195 Å². The summed E-state index contributed by atoms with van der Waals surface area (Å²) < 4.78 is 121. The van der Waals surface area contributed by atoms with Crippen molar-refractivity contribution >= 4 is 23.5 Å². The third-order valence-corrected chi connectivity index (χ3v) is 6.58. The van der Waals surface area contributed by atoms with Crippen molar-refractivity contribution in [2.24, 2.45) is 0 Å². The van der Waals surface area contributed by atoms with Crippen molar-refractivity contribution < 1.29 is 54.2 Å². The number of likely N-dealkylation sites (tertiary alicyclic amines) is 1. The number of nitrogens with zero attached hydrogens (tertiary/aromatic N) is 2. The quantitative estimate of drug-likeness (QED) is 0.411. The highest BCUT2D eigenvalue weighted by Crippen LogP contribution is 2.52. The molecule has 1 N–H and O–H groups in total. The molecule has 1 aliphatic rings. The third-order valence-electron chi connectivity index (χ3n) is 5.57. The molecular formula is C20H15F9N2O3S. The van der Waals surface area contributed by atoms with Crippen molar-refractivity contribution in [2.75, 3.05) is 6.54 Å². The van der Waals surface area contributed by atoms with Crippen molar-refractivity contribution in [3.05, 3.63) is 40.0 Å². The molecule has 1 aromatic carbocycles. The van der Waals surface area contributed by atoms with E-state index in [9.17, 15) is 54.2 Å². The number of halogens is 9. The van der Waals surface area contributed by atoms with E-state index in [0.29, 0.717) is 24.2 Å². The number of aliphatic hydroxyl groups is 1. The van der Waals surface area contributed by atoms with E-state index in [-0.39, 0.29) is 31.0 Å². The summed E-state index contributed by atoms with van der Waals surface area (Å²) in [6.07, 6.45) is -17.0. The van der Waals surface area contributed by atoms with Crippen LogP contribution in [0.25, 0.3) is 10.4 Å². The lowest BCUT2D eigenvalue weighted by atomic mass is 9.88. The molecule has 0 radical (unpaired) electrons. The number of hydrogen-bond acceptors (Lipinski definition) is 5. The first-order chi connectivity index (χ1) is 15.9. The molecule has 0 spiro atoms. The molecular weight excluding hydrogens is 519 g/mol. The van der Waals surface area contributed by atoms with E-state index >= 15 is 0 Å². The molecule has 1 amide bonds. The fourth-order valence-corrected chi connectivity index (χ4v) is 4.69. The number of alkyl halides is 9. The molecule has 1 aromatic heterocycles. The smallest absolute Gasteiger partial charge is 0.369 e. The predicted molar refractivity (Wildman–Crippen MR) is 104 cm³/mol. The molecule has 2 aromatic rings. The van der Waals surface area contributed by atoms with Crippen LogP contribution < -0.4 is 0 Å². The highest BCUT2D eigenvalue weighted by Gasteiger charge is 2.71. The first-order valence-electron chi connectivity index (χ1n) is 9.78. The number of amides is 1. The molecule has 15 heteroatoms. The van der Waals surface area contributed by atoms with E-state index < -0.39 is 68.4 Å². The number of carbonyl (C=O) groups excluding carboxylic acids is 2. The van der Waals surface area contributed by atoms with Crippen LogP contribution >= 0.6 is 11.3 Å². The zero-order valence-electron chi connectivity index (χ0n) is 17.5. The molecule has 0 unspecified atom stereocenters. The second-order valence-electron chi connectivity index (χ2n) is 7.80. The predicted octanol–water partition coefficient (Wildman–Crippen LogP) is 5.58. The number of rotatable bonds is 4. The Bertz CT molecular complexity index is 1120. The minimum atomic E-state index is -6.40. The summed E-state index contributed by atoms with van der Waals surface area (Å²) in [6, 6.07) is -0.454. The van der Waals surface area contributed by atoms with Crippen molar-refractivity contribution in [2.45, 2.75) is 49.9 Å². The number of aromatic nitrogens is 1. The first-order valence-corrected chi connectivity index (χ1v) is 10.6.